The molecule has 3 rings (SSSR count). The van der Waals surface area contributed by atoms with E-state index in [4.69, 9.17) is 0 Å². The topological polar surface area (TPSA) is 81.3 Å². The number of carbonyl (C=O) groups excluding carboxylic acids is 1. The van der Waals surface area contributed by atoms with Crippen LogP contribution in [0.5, 0.6) is 0 Å². The Kier molecular flexibility index (Phi) is 4.49. The molecular formula is C14H15N5O2S2. The van der Waals surface area contributed by atoms with Crippen molar-refractivity contribution < 1.29 is 4.79 Å². The zero-order chi connectivity index (χ0) is 16.4. The van der Waals surface area contributed by atoms with Crippen molar-refractivity contribution in [3.05, 3.63) is 45.6 Å². The molecule has 3 heterocycles. The molecule has 0 saturated heterocycles. The van der Waals surface area contributed by atoms with Gasteiger partial charge in [0.15, 0.2) is 10.1 Å². The highest BCUT2D eigenvalue weighted by atomic mass is 32.2. The lowest BCUT2D eigenvalue weighted by molar-refractivity contribution is 0.0954. The number of imidazole rings is 1. The van der Waals surface area contributed by atoms with Crippen LogP contribution < -0.4 is 10.9 Å². The molecule has 0 aliphatic carbocycles. The summed E-state index contributed by atoms with van der Waals surface area (Å²) >= 11 is 2.92. The van der Waals surface area contributed by atoms with Gasteiger partial charge in [-0.2, -0.15) is 0 Å². The van der Waals surface area contributed by atoms with Gasteiger partial charge in [-0.1, -0.05) is 11.8 Å². The number of thiazole rings is 1. The molecule has 9 heteroatoms. The Morgan fingerprint density at radius 3 is 3.00 bits per heavy atom. The molecule has 23 heavy (non-hydrogen) atoms. The van der Waals surface area contributed by atoms with Gasteiger partial charge in [-0.3, -0.25) is 14.0 Å². The second kappa shape index (κ2) is 6.55. The normalized spacial score (nSPS) is 11.0. The maximum Gasteiger partial charge on any atom is 0.271 e. The Balaban J connectivity index is 1.64. The quantitative estimate of drug-likeness (QED) is 0.555. The number of aromatic nitrogens is 4. The Bertz CT molecular complexity index is 911. The highest BCUT2D eigenvalue weighted by Gasteiger charge is 2.14. The summed E-state index contributed by atoms with van der Waals surface area (Å²) in [4.78, 5) is 33.5. The fourth-order valence-corrected chi connectivity index (χ4v) is 3.69. The highest BCUT2D eigenvalue weighted by Crippen LogP contribution is 2.13. The van der Waals surface area contributed by atoms with Crippen molar-refractivity contribution in [1.29, 1.82) is 0 Å². The number of amides is 1. The van der Waals surface area contributed by atoms with E-state index in [0.29, 0.717) is 17.3 Å². The van der Waals surface area contributed by atoms with Crippen LogP contribution >= 0.6 is 23.1 Å². The van der Waals surface area contributed by atoms with Gasteiger partial charge >= 0.3 is 0 Å². The first-order valence-corrected chi connectivity index (χ1v) is 8.78. The van der Waals surface area contributed by atoms with Crippen molar-refractivity contribution in [3.8, 4) is 0 Å². The van der Waals surface area contributed by atoms with Crippen LogP contribution in [-0.2, 0) is 7.05 Å². The molecule has 0 radical (unpaired) electrons. The van der Waals surface area contributed by atoms with E-state index in [0.717, 1.165) is 10.9 Å². The maximum absolute atomic E-state index is 12.4. The molecule has 0 aliphatic rings. The number of hydrogen-bond acceptors (Lipinski definition) is 6. The van der Waals surface area contributed by atoms with Crippen molar-refractivity contribution in [2.24, 2.45) is 7.05 Å². The number of hydrogen-bond donors (Lipinski definition) is 1. The Morgan fingerprint density at radius 1 is 1.43 bits per heavy atom. The lowest BCUT2D eigenvalue weighted by Crippen LogP contribution is -2.32. The van der Waals surface area contributed by atoms with Crippen LogP contribution in [0.4, 0.5) is 0 Å². The van der Waals surface area contributed by atoms with Gasteiger partial charge in [0.1, 0.15) is 5.56 Å². The fraction of sp³-hybridized carbons (Fsp3) is 0.286. The molecule has 7 nitrogen and oxygen atoms in total. The molecule has 3 aromatic heterocycles. The van der Waals surface area contributed by atoms with Crippen LogP contribution in [0.3, 0.4) is 0 Å². The summed E-state index contributed by atoms with van der Waals surface area (Å²) in [5.41, 5.74) is 0.511. The number of carbonyl (C=O) groups is 1. The predicted molar refractivity (Wildman–Crippen MR) is 90.3 cm³/mol. The minimum absolute atomic E-state index is 0.0611. The molecule has 1 N–H and O–H groups in total. The smallest absolute Gasteiger partial charge is 0.271 e. The van der Waals surface area contributed by atoms with Crippen LogP contribution in [-0.4, -0.2) is 37.1 Å². The third-order valence-electron chi connectivity index (χ3n) is 3.26. The highest BCUT2D eigenvalue weighted by molar-refractivity contribution is 7.99. The standard InChI is InChI=1S/C14H15N5O2S2/c1-9-8-23-14-17-7-10(12(21)19(9)14)11(20)15-4-6-22-13-16-3-5-18(13)2/h3,5,7-8H,4,6H2,1-2H3,(H,15,20). The molecule has 0 spiro atoms. The van der Waals surface area contributed by atoms with Crippen molar-refractivity contribution in [3.63, 3.8) is 0 Å². The van der Waals surface area contributed by atoms with Crippen molar-refractivity contribution in [1.82, 2.24) is 24.3 Å². The Hall–Kier alpha value is -2.13. The second-order valence-electron chi connectivity index (χ2n) is 4.90. The summed E-state index contributed by atoms with van der Waals surface area (Å²) in [5, 5.41) is 5.48. The largest absolute Gasteiger partial charge is 0.351 e. The third kappa shape index (κ3) is 3.15. The van der Waals surface area contributed by atoms with Gasteiger partial charge in [-0.25, -0.2) is 9.97 Å². The minimum atomic E-state index is -0.400. The van der Waals surface area contributed by atoms with Gasteiger partial charge in [-0.05, 0) is 6.92 Å². The van der Waals surface area contributed by atoms with Crippen LogP contribution in [0.25, 0.3) is 4.96 Å². The lowest BCUT2D eigenvalue weighted by atomic mass is 10.3. The van der Waals surface area contributed by atoms with Crippen LogP contribution in [0, 0.1) is 6.92 Å². The van der Waals surface area contributed by atoms with Gasteiger partial charge in [-0.15, -0.1) is 11.3 Å². The van der Waals surface area contributed by atoms with Gasteiger partial charge < -0.3 is 9.88 Å². The van der Waals surface area contributed by atoms with E-state index in [1.54, 1.807) is 18.0 Å². The minimum Gasteiger partial charge on any atom is -0.351 e. The molecular weight excluding hydrogens is 334 g/mol. The monoisotopic (exact) mass is 349 g/mol. The van der Waals surface area contributed by atoms with E-state index in [1.807, 2.05) is 30.1 Å². The summed E-state index contributed by atoms with van der Waals surface area (Å²) < 4.78 is 3.37. The molecule has 1 amide bonds. The summed E-state index contributed by atoms with van der Waals surface area (Å²) in [6.07, 6.45) is 4.94. The van der Waals surface area contributed by atoms with E-state index in [1.165, 1.54) is 21.9 Å². The molecule has 0 unspecified atom stereocenters. The first-order valence-electron chi connectivity index (χ1n) is 6.92. The van der Waals surface area contributed by atoms with E-state index in [9.17, 15) is 9.59 Å². The number of fused-ring (bicyclic) bond motifs is 1. The summed E-state index contributed by atoms with van der Waals surface area (Å²) in [6.45, 7) is 2.26. The second-order valence-corrected chi connectivity index (χ2v) is 6.80. The molecule has 0 atom stereocenters. The van der Waals surface area contributed by atoms with Crippen LogP contribution in [0.2, 0.25) is 0 Å². The van der Waals surface area contributed by atoms with Crippen LogP contribution in [0.15, 0.2) is 33.9 Å². The predicted octanol–water partition coefficient (Wildman–Crippen LogP) is 1.32. The number of nitrogens with one attached hydrogen (secondary N) is 1. The SMILES string of the molecule is Cc1csc2ncc(C(=O)NCCSc3nccn3C)c(=O)n12. The molecule has 0 aromatic carbocycles. The lowest BCUT2D eigenvalue weighted by Gasteiger charge is -2.05. The van der Waals surface area contributed by atoms with Gasteiger partial charge in [0.05, 0.1) is 0 Å². The van der Waals surface area contributed by atoms with Crippen molar-refractivity contribution in [2.45, 2.75) is 12.1 Å². The van der Waals surface area contributed by atoms with Gasteiger partial charge in [0.25, 0.3) is 11.5 Å². The number of aryl methyl sites for hydroxylation is 2. The van der Waals surface area contributed by atoms with E-state index < -0.39 is 5.91 Å². The first-order chi connectivity index (χ1) is 11.1. The molecule has 0 aliphatic heterocycles. The van der Waals surface area contributed by atoms with E-state index in [-0.39, 0.29) is 11.1 Å². The summed E-state index contributed by atoms with van der Waals surface area (Å²) in [7, 11) is 1.92. The van der Waals surface area contributed by atoms with Gasteiger partial charge in [0, 0.05) is 49.0 Å². The first kappa shape index (κ1) is 15.8. The molecule has 0 saturated carbocycles. The van der Waals surface area contributed by atoms with Gasteiger partial charge in [0.2, 0.25) is 0 Å². The third-order valence-corrected chi connectivity index (χ3v) is 5.27. The van der Waals surface area contributed by atoms with Crippen molar-refractivity contribution >= 4 is 34.0 Å². The van der Waals surface area contributed by atoms with Crippen LogP contribution in [0.1, 0.15) is 16.1 Å². The fourth-order valence-electron chi connectivity index (χ4n) is 2.07. The molecule has 3 aromatic rings. The van der Waals surface area contributed by atoms with E-state index in [2.05, 4.69) is 15.3 Å². The number of rotatable bonds is 5. The average Bonchev–Trinajstić information content (AvgIpc) is 3.10. The number of nitrogens with zero attached hydrogens (tertiary/aromatic N) is 4. The average molecular weight is 349 g/mol. The Labute approximate surface area is 140 Å². The van der Waals surface area contributed by atoms with E-state index >= 15 is 0 Å². The molecule has 0 fully saturated rings. The Morgan fingerprint density at radius 2 is 2.26 bits per heavy atom. The molecule has 120 valence electrons. The molecule has 0 bridgehead atoms. The summed E-state index contributed by atoms with van der Waals surface area (Å²) in [5.74, 6) is 0.272. The zero-order valence-corrected chi connectivity index (χ0v) is 14.3. The maximum atomic E-state index is 12.4. The number of thioether (sulfide) groups is 1. The van der Waals surface area contributed by atoms with Crippen molar-refractivity contribution in [2.75, 3.05) is 12.3 Å². The summed E-state index contributed by atoms with van der Waals surface area (Å²) in [6, 6.07) is 0. The zero-order valence-electron chi connectivity index (χ0n) is 12.6.